The molecule has 0 saturated carbocycles. The lowest BCUT2D eigenvalue weighted by Crippen LogP contribution is -2.51. The van der Waals surface area contributed by atoms with Crippen LogP contribution in [0, 0.1) is 5.82 Å². The molecule has 0 aliphatic carbocycles. The number of rotatable bonds is 6. The number of nitrogens with zero attached hydrogens (tertiary/aromatic N) is 2. The van der Waals surface area contributed by atoms with Crippen LogP contribution in [0.3, 0.4) is 0 Å². The van der Waals surface area contributed by atoms with Gasteiger partial charge in [-0.1, -0.05) is 30.3 Å². The van der Waals surface area contributed by atoms with E-state index in [1.165, 1.54) is 12.1 Å². The van der Waals surface area contributed by atoms with E-state index >= 15 is 0 Å². The molecular formula is C23H28FN3O2. The number of carbonyl (C=O) groups is 2. The predicted molar refractivity (Wildman–Crippen MR) is 111 cm³/mol. The first-order valence-electron chi connectivity index (χ1n) is 10.0. The van der Waals surface area contributed by atoms with Gasteiger partial charge in [0.15, 0.2) is 0 Å². The Bertz CT molecular complexity index is 835. The molecule has 0 bridgehead atoms. The lowest BCUT2D eigenvalue weighted by molar-refractivity contribution is -0.136. The van der Waals surface area contributed by atoms with Gasteiger partial charge in [0, 0.05) is 38.3 Å². The summed E-state index contributed by atoms with van der Waals surface area (Å²) < 4.78 is 13.4. The van der Waals surface area contributed by atoms with Gasteiger partial charge < -0.3 is 10.2 Å². The van der Waals surface area contributed by atoms with E-state index in [-0.39, 0.29) is 29.7 Å². The molecule has 6 heteroatoms. The molecule has 1 N–H and O–H groups in total. The highest BCUT2D eigenvalue weighted by atomic mass is 19.1. The zero-order chi connectivity index (χ0) is 20.8. The second-order valence-electron chi connectivity index (χ2n) is 7.65. The summed E-state index contributed by atoms with van der Waals surface area (Å²) in [4.78, 5) is 28.9. The molecule has 1 fully saturated rings. The van der Waals surface area contributed by atoms with E-state index in [0.29, 0.717) is 12.1 Å². The van der Waals surface area contributed by atoms with Crippen LogP contribution in [0.5, 0.6) is 0 Å². The standard InChI is InChI=1S/C23H28FN3O2/c1-17(23(29)26(2)16-18-7-6-10-20(24)15-18)27-13-11-21(12-14-27)25-22(28)19-8-4-3-5-9-19/h3-10,15,17,21H,11-14,16H2,1-2H3,(H,25,28)/t17-/m1/s1. The van der Waals surface area contributed by atoms with Crippen LogP contribution in [0.15, 0.2) is 54.6 Å². The third-order valence-electron chi connectivity index (χ3n) is 5.49. The molecule has 0 aromatic heterocycles. The Labute approximate surface area is 171 Å². The fraction of sp³-hybridized carbons (Fsp3) is 0.391. The van der Waals surface area contributed by atoms with Crippen molar-refractivity contribution in [1.82, 2.24) is 15.1 Å². The zero-order valence-corrected chi connectivity index (χ0v) is 17.0. The maximum absolute atomic E-state index is 13.4. The Morgan fingerprint density at radius 1 is 1.14 bits per heavy atom. The van der Waals surface area contributed by atoms with Gasteiger partial charge in [-0.25, -0.2) is 4.39 Å². The molecule has 1 aliphatic rings. The number of hydrogen-bond donors (Lipinski definition) is 1. The highest BCUT2D eigenvalue weighted by molar-refractivity contribution is 5.94. The summed E-state index contributed by atoms with van der Waals surface area (Å²) in [6.07, 6.45) is 1.62. The molecule has 2 aromatic rings. The normalized spacial score (nSPS) is 16.2. The monoisotopic (exact) mass is 397 g/mol. The number of likely N-dealkylation sites (N-methyl/N-ethyl adjacent to an activating group) is 1. The molecule has 0 spiro atoms. The maximum Gasteiger partial charge on any atom is 0.251 e. The van der Waals surface area contributed by atoms with E-state index in [1.807, 2.05) is 31.2 Å². The molecule has 1 aliphatic heterocycles. The number of hydrogen-bond acceptors (Lipinski definition) is 3. The van der Waals surface area contributed by atoms with Crippen molar-refractivity contribution in [3.63, 3.8) is 0 Å². The molecule has 1 heterocycles. The molecule has 29 heavy (non-hydrogen) atoms. The number of benzene rings is 2. The third-order valence-corrected chi connectivity index (χ3v) is 5.49. The summed E-state index contributed by atoms with van der Waals surface area (Å²) >= 11 is 0. The van der Waals surface area contributed by atoms with Gasteiger partial charge in [-0.3, -0.25) is 14.5 Å². The highest BCUT2D eigenvalue weighted by Gasteiger charge is 2.29. The van der Waals surface area contributed by atoms with Crippen molar-refractivity contribution in [3.8, 4) is 0 Å². The molecule has 2 amide bonds. The van der Waals surface area contributed by atoms with Gasteiger partial charge in [0.2, 0.25) is 5.91 Å². The van der Waals surface area contributed by atoms with Crippen LogP contribution >= 0.6 is 0 Å². The van der Waals surface area contributed by atoms with Gasteiger partial charge in [-0.2, -0.15) is 0 Å². The number of likely N-dealkylation sites (tertiary alicyclic amines) is 1. The number of amides is 2. The summed E-state index contributed by atoms with van der Waals surface area (Å²) in [6.45, 7) is 3.79. The average Bonchev–Trinajstić information content (AvgIpc) is 2.74. The molecule has 154 valence electrons. The molecule has 0 radical (unpaired) electrons. The number of carbonyl (C=O) groups excluding carboxylic acids is 2. The van der Waals surface area contributed by atoms with Gasteiger partial charge in [0.1, 0.15) is 5.82 Å². The van der Waals surface area contributed by atoms with Crippen molar-refractivity contribution < 1.29 is 14.0 Å². The lowest BCUT2D eigenvalue weighted by atomic mass is 10.0. The average molecular weight is 397 g/mol. The van der Waals surface area contributed by atoms with Crippen LogP contribution in [0.4, 0.5) is 4.39 Å². The van der Waals surface area contributed by atoms with Gasteiger partial charge in [-0.15, -0.1) is 0 Å². The van der Waals surface area contributed by atoms with Gasteiger partial charge >= 0.3 is 0 Å². The van der Waals surface area contributed by atoms with Crippen LogP contribution in [0.2, 0.25) is 0 Å². The second-order valence-corrected chi connectivity index (χ2v) is 7.65. The maximum atomic E-state index is 13.4. The van der Waals surface area contributed by atoms with Crippen molar-refractivity contribution in [3.05, 3.63) is 71.5 Å². The van der Waals surface area contributed by atoms with Gasteiger partial charge in [0.05, 0.1) is 6.04 Å². The summed E-state index contributed by atoms with van der Waals surface area (Å²) in [5.41, 5.74) is 1.44. The van der Waals surface area contributed by atoms with E-state index in [0.717, 1.165) is 31.5 Å². The molecule has 2 aromatic carbocycles. The van der Waals surface area contributed by atoms with Crippen LogP contribution in [-0.4, -0.2) is 53.8 Å². The summed E-state index contributed by atoms with van der Waals surface area (Å²) in [7, 11) is 1.75. The van der Waals surface area contributed by atoms with Crippen molar-refractivity contribution in [2.24, 2.45) is 0 Å². The lowest BCUT2D eigenvalue weighted by Gasteiger charge is -2.37. The van der Waals surface area contributed by atoms with Crippen LogP contribution in [0.25, 0.3) is 0 Å². The molecule has 1 saturated heterocycles. The molecule has 0 unspecified atom stereocenters. The van der Waals surface area contributed by atoms with E-state index < -0.39 is 0 Å². The van der Waals surface area contributed by atoms with Crippen molar-refractivity contribution in [2.75, 3.05) is 20.1 Å². The minimum atomic E-state index is -0.295. The third kappa shape index (κ3) is 5.64. The van der Waals surface area contributed by atoms with E-state index in [1.54, 1.807) is 30.1 Å². The first-order valence-corrected chi connectivity index (χ1v) is 10.0. The van der Waals surface area contributed by atoms with Crippen molar-refractivity contribution >= 4 is 11.8 Å². The number of piperidine rings is 1. The van der Waals surface area contributed by atoms with Crippen molar-refractivity contribution in [1.29, 1.82) is 0 Å². The summed E-state index contributed by atoms with van der Waals surface area (Å²) in [5.74, 6) is -0.333. The zero-order valence-electron chi connectivity index (χ0n) is 17.0. The van der Waals surface area contributed by atoms with E-state index in [2.05, 4.69) is 10.2 Å². The molecular weight excluding hydrogens is 369 g/mol. The van der Waals surface area contributed by atoms with E-state index in [4.69, 9.17) is 0 Å². The Kier molecular flexibility index (Phi) is 6.99. The SMILES string of the molecule is C[C@H](C(=O)N(C)Cc1cccc(F)c1)N1CCC(NC(=O)c2ccccc2)CC1. The second kappa shape index (κ2) is 9.65. The van der Waals surface area contributed by atoms with E-state index in [9.17, 15) is 14.0 Å². The first-order chi connectivity index (χ1) is 13.9. The summed E-state index contributed by atoms with van der Waals surface area (Å²) in [6, 6.07) is 15.4. The molecule has 5 nitrogen and oxygen atoms in total. The first kappa shape index (κ1) is 21.0. The van der Waals surface area contributed by atoms with Crippen LogP contribution < -0.4 is 5.32 Å². The van der Waals surface area contributed by atoms with Crippen LogP contribution in [-0.2, 0) is 11.3 Å². The highest BCUT2D eigenvalue weighted by Crippen LogP contribution is 2.16. The summed E-state index contributed by atoms with van der Waals surface area (Å²) in [5, 5.41) is 3.09. The molecule has 3 rings (SSSR count). The Hall–Kier alpha value is -2.73. The van der Waals surface area contributed by atoms with Gasteiger partial charge in [0.25, 0.3) is 5.91 Å². The topological polar surface area (TPSA) is 52.7 Å². The van der Waals surface area contributed by atoms with Crippen LogP contribution in [0.1, 0.15) is 35.7 Å². The Balaban J connectivity index is 1.48. The van der Waals surface area contributed by atoms with Crippen molar-refractivity contribution in [2.45, 2.75) is 38.4 Å². The van der Waals surface area contributed by atoms with Gasteiger partial charge in [-0.05, 0) is 49.6 Å². The fourth-order valence-electron chi connectivity index (χ4n) is 3.75. The molecule has 1 atom stereocenters. The quantitative estimate of drug-likeness (QED) is 0.815. The Morgan fingerprint density at radius 3 is 2.48 bits per heavy atom. The minimum Gasteiger partial charge on any atom is -0.349 e. The predicted octanol–water partition coefficient (Wildman–Crippen LogP) is 3.07. The Morgan fingerprint density at radius 2 is 1.83 bits per heavy atom. The fourth-order valence-corrected chi connectivity index (χ4v) is 3.75. The largest absolute Gasteiger partial charge is 0.349 e. The number of nitrogens with one attached hydrogen (secondary N) is 1. The smallest absolute Gasteiger partial charge is 0.251 e. The number of halogens is 1. The minimum absolute atomic E-state index is 0.0148.